The average molecular weight is 482 g/mol. The molecule has 0 saturated carbocycles. The normalized spacial score (nSPS) is 15.2. The number of hydrogen-bond donors (Lipinski definition) is 1. The summed E-state index contributed by atoms with van der Waals surface area (Å²) in [5, 5.41) is 15.1. The standard InChI is InChI=1S/C24H28ClN7O2/c1-16-4-5-22(23(25)10-16)19-11-20(13-21(12-19)32-15-26-28-29-32)24(34)27-17(2)14-30-6-8-31(9-7-30)18(3)33/h4-5,10-13,15,17H,6-9,14H2,1-3H3,(H,27,34)/t17-/m1/s1. The van der Waals surface area contributed by atoms with E-state index in [2.05, 4.69) is 25.7 Å². The molecule has 3 aromatic rings. The Morgan fingerprint density at radius 1 is 1.12 bits per heavy atom. The monoisotopic (exact) mass is 481 g/mol. The summed E-state index contributed by atoms with van der Waals surface area (Å²) < 4.78 is 1.51. The van der Waals surface area contributed by atoms with Crippen LogP contribution in [0.15, 0.2) is 42.7 Å². The van der Waals surface area contributed by atoms with Crippen molar-refractivity contribution in [2.45, 2.75) is 26.8 Å². The molecular weight excluding hydrogens is 454 g/mol. The number of benzene rings is 2. The van der Waals surface area contributed by atoms with Crippen molar-refractivity contribution in [1.29, 1.82) is 0 Å². The summed E-state index contributed by atoms with van der Waals surface area (Å²) in [5.41, 5.74) is 3.84. The van der Waals surface area contributed by atoms with Gasteiger partial charge < -0.3 is 10.2 Å². The molecule has 10 heteroatoms. The van der Waals surface area contributed by atoms with Gasteiger partial charge in [0.1, 0.15) is 6.33 Å². The van der Waals surface area contributed by atoms with Crippen LogP contribution in [-0.4, -0.2) is 80.6 Å². The van der Waals surface area contributed by atoms with Gasteiger partial charge >= 0.3 is 0 Å². The Bertz CT molecular complexity index is 1170. The van der Waals surface area contributed by atoms with Gasteiger partial charge in [-0.1, -0.05) is 23.7 Å². The Hall–Kier alpha value is -3.30. The Labute approximate surface area is 203 Å². The van der Waals surface area contributed by atoms with Crippen molar-refractivity contribution < 1.29 is 9.59 Å². The van der Waals surface area contributed by atoms with E-state index in [1.54, 1.807) is 13.0 Å². The zero-order valence-corrected chi connectivity index (χ0v) is 20.3. The molecule has 0 spiro atoms. The Morgan fingerprint density at radius 3 is 2.53 bits per heavy atom. The van der Waals surface area contributed by atoms with E-state index in [-0.39, 0.29) is 17.9 Å². The Kier molecular flexibility index (Phi) is 7.23. The fourth-order valence-corrected chi connectivity index (χ4v) is 4.49. The van der Waals surface area contributed by atoms with Crippen LogP contribution in [0.25, 0.3) is 16.8 Å². The topological polar surface area (TPSA) is 96.2 Å². The Balaban J connectivity index is 1.52. The third-order valence-corrected chi connectivity index (χ3v) is 6.27. The quantitative estimate of drug-likeness (QED) is 0.581. The second-order valence-electron chi connectivity index (χ2n) is 8.69. The largest absolute Gasteiger partial charge is 0.348 e. The van der Waals surface area contributed by atoms with Crippen LogP contribution in [0.3, 0.4) is 0 Å². The van der Waals surface area contributed by atoms with Gasteiger partial charge in [0, 0.05) is 61.8 Å². The molecule has 1 aliphatic rings. The molecule has 2 heterocycles. The number of carbonyl (C=O) groups is 2. The molecule has 1 N–H and O–H groups in total. The summed E-state index contributed by atoms with van der Waals surface area (Å²) >= 11 is 6.52. The first kappa shape index (κ1) is 23.8. The third kappa shape index (κ3) is 5.60. The zero-order valence-electron chi connectivity index (χ0n) is 19.5. The van der Waals surface area contributed by atoms with Crippen LogP contribution in [0.2, 0.25) is 5.02 Å². The molecule has 2 aromatic carbocycles. The van der Waals surface area contributed by atoms with Crippen LogP contribution in [0.5, 0.6) is 0 Å². The highest BCUT2D eigenvalue weighted by Crippen LogP contribution is 2.31. The molecule has 2 amide bonds. The number of aromatic nitrogens is 4. The Morgan fingerprint density at radius 2 is 1.88 bits per heavy atom. The van der Waals surface area contributed by atoms with Crippen molar-refractivity contribution in [1.82, 2.24) is 35.3 Å². The lowest BCUT2D eigenvalue weighted by molar-refractivity contribution is -0.130. The molecule has 1 aliphatic heterocycles. The maximum Gasteiger partial charge on any atom is 0.251 e. The van der Waals surface area contributed by atoms with Gasteiger partial charge in [-0.05, 0) is 59.7 Å². The van der Waals surface area contributed by atoms with Gasteiger partial charge in [-0.2, -0.15) is 0 Å². The summed E-state index contributed by atoms with van der Waals surface area (Å²) in [6, 6.07) is 11.3. The van der Waals surface area contributed by atoms with E-state index >= 15 is 0 Å². The summed E-state index contributed by atoms with van der Waals surface area (Å²) in [6.45, 7) is 9.29. The van der Waals surface area contributed by atoms with E-state index in [9.17, 15) is 9.59 Å². The van der Waals surface area contributed by atoms with Gasteiger partial charge in [-0.25, -0.2) is 4.68 Å². The summed E-state index contributed by atoms with van der Waals surface area (Å²) in [4.78, 5) is 28.9. The predicted molar refractivity (Wildman–Crippen MR) is 130 cm³/mol. The van der Waals surface area contributed by atoms with Crippen molar-refractivity contribution >= 4 is 23.4 Å². The first-order valence-electron chi connectivity index (χ1n) is 11.2. The molecule has 178 valence electrons. The second-order valence-corrected chi connectivity index (χ2v) is 9.09. The molecule has 1 atom stereocenters. The highest BCUT2D eigenvalue weighted by molar-refractivity contribution is 6.33. The van der Waals surface area contributed by atoms with E-state index in [1.165, 1.54) is 11.0 Å². The lowest BCUT2D eigenvalue weighted by Crippen LogP contribution is -2.51. The minimum Gasteiger partial charge on any atom is -0.348 e. The lowest BCUT2D eigenvalue weighted by Gasteiger charge is -2.35. The lowest BCUT2D eigenvalue weighted by atomic mass is 10.00. The number of nitrogens with zero attached hydrogens (tertiary/aromatic N) is 6. The van der Waals surface area contributed by atoms with E-state index in [4.69, 9.17) is 11.6 Å². The molecule has 1 fully saturated rings. The molecule has 0 aliphatic carbocycles. The SMILES string of the molecule is CC(=O)N1CCN(C[C@@H](C)NC(=O)c2cc(-c3ccc(C)cc3Cl)cc(-n3cnnn3)c2)CC1. The second kappa shape index (κ2) is 10.3. The smallest absolute Gasteiger partial charge is 0.251 e. The van der Waals surface area contributed by atoms with Crippen molar-refractivity contribution in [3.63, 3.8) is 0 Å². The maximum atomic E-state index is 13.2. The van der Waals surface area contributed by atoms with Gasteiger partial charge in [-0.15, -0.1) is 5.10 Å². The molecule has 34 heavy (non-hydrogen) atoms. The van der Waals surface area contributed by atoms with Gasteiger partial charge in [0.15, 0.2) is 0 Å². The number of hydrogen-bond acceptors (Lipinski definition) is 6. The van der Waals surface area contributed by atoms with Crippen LogP contribution in [0, 0.1) is 6.92 Å². The molecule has 4 rings (SSSR count). The first-order valence-corrected chi connectivity index (χ1v) is 11.6. The molecule has 9 nitrogen and oxygen atoms in total. The highest BCUT2D eigenvalue weighted by Gasteiger charge is 2.21. The minimum atomic E-state index is -0.186. The first-order chi connectivity index (χ1) is 16.3. The van der Waals surface area contributed by atoms with Gasteiger partial charge in [-0.3, -0.25) is 14.5 Å². The average Bonchev–Trinajstić information content (AvgIpc) is 3.34. The number of nitrogens with one attached hydrogen (secondary N) is 1. The summed E-state index contributed by atoms with van der Waals surface area (Å²) in [6.07, 6.45) is 1.49. The zero-order chi connectivity index (χ0) is 24.2. The van der Waals surface area contributed by atoms with E-state index in [0.717, 1.165) is 29.8 Å². The van der Waals surface area contributed by atoms with E-state index in [0.29, 0.717) is 35.9 Å². The van der Waals surface area contributed by atoms with Crippen LogP contribution in [0.4, 0.5) is 0 Å². The molecule has 0 unspecified atom stereocenters. The maximum absolute atomic E-state index is 13.2. The number of tetrazole rings is 1. The highest BCUT2D eigenvalue weighted by atomic mass is 35.5. The van der Waals surface area contributed by atoms with Crippen LogP contribution in [0.1, 0.15) is 29.8 Å². The molecular formula is C24H28ClN7O2. The predicted octanol–water partition coefficient (Wildman–Crippen LogP) is 2.57. The van der Waals surface area contributed by atoms with Crippen LogP contribution in [-0.2, 0) is 4.79 Å². The van der Waals surface area contributed by atoms with Gasteiger partial charge in [0.05, 0.1) is 5.69 Å². The molecule has 1 aromatic heterocycles. The number of amides is 2. The van der Waals surface area contributed by atoms with Crippen LogP contribution >= 0.6 is 11.6 Å². The van der Waals surface area contributed by atoms with Crippen molar-refractivity contribution in [3.05, 3.63) is 58.9 Å². The number of carbonyl (C=O) groups excluding carboxylic acids is 2. The summed E-state index contributed by atoms with van der Waals surface area (Å²) in [7, 11) is 0. The number of halogens is 1. The van der Waals surface area contributed by atoms with Crippen molar-refractivity contribution in [3.8, 4) is 16.8 Å². The fourth-order valence-electron chi connectivity index (χ4n) is 4.15. The van der Waals surface area contributed by atoms with Crippen molar-refractivity contribution in [2.24, 2.45) is 0 Å². The van der Waals surface area contributed by atoms with Crippen LogP contribution < -0.4 is 5.32 Å². The number of rotatable bonds is 6. The fraction of sp³-hybridized carbons (Fsp3) is 0.375. The van der Waals surface area contributed by atoms with Crippen molar-refractivity contribution in [2.75, 3.05) is 32.7 Å². The number of aryl methyl sites for hydroxylation is 1. The molecule has 0 radical (unpaired) electrons. The summed E-state index contributed by atoms with van der Waals surface area (Å²) in [5.74, 6) is -0.0813. The number of piperazine rings is 1. The molecule has 1 saturated heterocycles. The van der Waals surface area contributed by atoms with Gasteiger partial charge in [0.25, 0.3) is 5.91 Å². The van der Waals surface area contributed by atoms with E-state index in [1.807, 2.05) is 49.1 Å². The molecule has 0 bridgehead atoms. The van der Waals surface area contributed by atoms with E-state index < -0.39 is 0 Å². The third-order valence-electron chi connectivity index (χ3n) is 5.96. The minimum absolute atomic E-state index is 0.0699. The van der Waals surface area contributed by atoms with Gasteiger partial charge in [0.2, 0.25) is 5.91 Å².